The molecule has 4 heterocycles. The van der Waals surface area contributed by atoms with Crippen LogP contribution in [-0.2, 0) is 4.79 Å². The van der Waals surface area contributed by atoms with Gasteiger partial charge in [0, 0.05) is 42.6 Å². The molecule has 0 spiro atoms. The third-order valence-corrected chi connectivity index (χ3v) is 6.62. The molecule has 33 heavy (non-hydrogen) atoms. The Morgan fingerprint density at radius 2 is 1.85 bits per heavy atom. The van der Waals surface area contributed by atoms with Crippen molar-refractivity contribution >= 4 is 39.8 Å². The van der Waals surface area contributed by atoms with E-state index in [-0.39, 0.29) is 5.56 Å². The lowest BCUT2D eigenvalue weighted by Gasteiger charge is -2.28. The first-order chi connectivity index (χ1) is 16.2. The van der Waals surface area contributed by atoms with Gasteiger partial charge in [-0.1, -0.05) is 35.9 Å². The van der Waals surface area contributed by atoms with Gasteiger partial charge in [0.05, 0.1) is 23.2 Å². The smallest absolute Gasteiger partial charge is 0.295 e. The number of hydrogen-bond donors (Lipinski definition) is 1. The van der Waals surface area contributed by atoms with E-state index in [1.54, 1.807) is 23.5 Å². The van der Waals surface area contributed by atoms with E-state index < -0.39 is 11.7 Å². The third-order valence-electron chi connectivity index (χ3n) is 5.82. The molecule has 7 nitrogen and oxygen atoms in total. The first-order valence-corrected chi connectivity index (χ1v) is 11.4. The SMILES string of the molecule is [C-]#[N+]C(=C1CCN(C(=O)C(=O)c2c[nH]c3c(-c4nccs4)ccnc23)CC1)c1ccccc1. The second-order valence-electron chi connectivity index (χ2n) is 7.67. The number of carbonyl (C=O) groups excluding carboxylic acids is 2. The number of H-pyrrole nitrogens is 1. The van der Waals surface area contributed by atoms with Crippen molar-refractivity contribution in [1.29, 1.82) is 0 Å². The molecule has 1 amide bonds. The van der Waals surface area contributed by atoms with Gasteiger partial charge in [0.2, 0.25) is 0 Å². The number of rotatable bonds is 4. The van der Waals surface area contributed by atoms with Crippen LogP contribution in [0.1, 0.15) is 28.8 Å². The number of fused-ring (bicyclic) bond motifs is 1. The van der Waals surface area contributed by atoms with Crippen molar-refractivity contribution in [3.63, 3.8) is 0 Å². The molecule has 1 aliphatic heterocycles. The molecule has 5 rings (SSSR count). The average molecular weight is 454 g/mol. The van der Waals surface area contributed by atoms with Crippen molar-refractivity contribution in [2.45, 2.75) is 12.8 Å². The zero-order valence-corrected chi connectivity index (χ0v) is 18.4. The molecule has 0 unspecified atom stereocenters. The van der Waals surface area contributed by atoms with E-state index in [1.165, 1.54) is 11.3 Å². The van der Waals surface area contributed by atoms with Crippen LogP contribution >= 0.6 is 11.3 Å². The summed E-state index contributed by atoms with van der Waals surface area (Å²) in [6.45, 7) is 8.41. The van der Waals surface area contributed by atoms with Gasteiger partial charge in [0.1, 0.15) is 5.01 Å². The summed E-state index contributed by atoms with van der Waals surface area (Å²) in [5, 5.41) is 2.70. The lowest BCUT2D eigenvalue weighted by Crippen LogP contribution is -2.40. The largest absolute Gasteiger partial charge is 0.359 e. The monoisotopic (exact) mass is 453 g/mol. The van der Waals surface area contributed by atoms with Gasteiger partial charge < -0.3 is 9.88 Å². The molecule has 0 radical (unpaired) electrons. The number of piperidine rings is 1. The van der Waals surface area contributed by atoms with Crippen molar-refractivity contribution in [3.05, 3.63) is 88.5 Å². The minimum absolute atomic E-state index is 0.265. The molecule has 1 aromatic carbocycles. The van der Waals surface area contributed by atoms with Gasteiger partial charge in [-0.3, -0.25) is 14.6 Å². The molecular weight excluding hydrogens is 434 g/mol. The summed E-state index contributed by atoms with van der Waals surface area (Å²) < 4.78 is 0. The molecule has 3 aromatic heterocycles. The molecule has 1 aliphatic rings. The third kappa shape index (κ3) is 3.83. The summed E-state index contributed by atoms with van der Waals surface area (Å²) in [5.74, 6) is -1.12. The van der Waals surface area contributed by atoms with Crippen LogP contribution in [0.2, 0.25) is 0 Å². The Labute approximate surface area is 194 Å². The highest BCUT2D eigenvalue weighted by Crippen LogP contribution is 2.31. The number of pyridine rings is 1. The van der Waals surface area contributed by atoms with E-state index in [9.17, 15) is 9.59 Å². The van der Waals surface area contributed by atoms with Crippen LogP contribution in [0.3, 0.4) is 0 Å². The van der Waals surface area contributed by atoms with Crippen LogP contribution in [0, 0.1) is 6.57 Å². The Morgan fingerprint density at radius 3 is 2.55 bits per heavy atom. The quantitative estimate of drug-likeness (QED) is 0.273. The number of ketones is 1. The number of Topliss-reactive ketones (excluding diaryl/α,β-unsaturated/α-hetero) is 1. The maximum atomic E-state index is 13.1. The topological polar surface area (TPSA) is 83.3 Å². The number of hydrogen-bond acceptors (Lipinski definition) is 5. The molecular formula is C25H19N5O2S. The van der Waals surface area contributed by atoms with Crippen LogP contribution < -0.4 is 0 Å². The number of thiazole rings is 1. The van der Waals surface area contributed by atoms with Gasteiger partial charge in [-0.2, -0.15) is 0 Å². The second kappa shape index (κ2) is 8.81. The maximum Gasteiger partial charge on any atom is 0.295 e. The zero-order chi connectivity index (χ0) is 22.8. The normalized spacial score (nSPS) is 13.7. The Bertz CT molecular complexity index is 1400. The Kier molecular flexibility index (Phi) is 5.55. The molecule has 0 atom stereocenters. The molecule has 0 bridgehead atoms. The van der Waals surface area contributed by atoms with E-state index >= 15 is 0 Å². The lowest BCUT2D eigenvalue weighted by molar-refractivity contribution is -0.126. The first kappa shape index (κ1) is 20.8. The lowest BCUT2D eigenvalue weighted by atomic mass is 9.97. The van der Waals surface area contributed by atoms with Crippen LogP contribution in [-0.4, -0.2) is 44.6 Å². The number of carbonyl (C=O) groups is 2. The summed E-state index contributed by atoms with van der Waals surface area (Å²) in [7, 11) is 0. The fourth-order valence-corrected chi connectivity index (χ4v) is 4.82. The molecule has 0 saturated carbocycles. The number of nitrogens with zero attached hydrogens (tertiary/aromatic N) is 4. The fraction of sp³-hybridized carbons (Fsp3) is 0.160. The molecule has 8 heteroatoms. The van der Waals surface area contributed by atoms with Gasteiger partial charge in [-0.05, 0) is 24.5 Å². The standard InChI is InChI=1S/C25H19N5O2S/c1-26-20(16-5-3-2-4-6-16)17-8-12-30(13-9-17)25(32)23(31)19-15-29-21-18(7-10-27-22(19)21)24-28-11-14-33-24/h2-7,10-11,14-15,29H,8-9,12-13H2. The Morgan fingerprint density at radius 1 is 1.06 bits per heavy atom. The highest BCUT2D eigenvalue weighted by molar-refractivity contribution is 7.13. The minimum atomic E-state index is -0.578. The van der Waals surface area contributed by atoms with Crippen molar-refractivity contribution in [2.75, 3.05) is 13.1 Å². The van der Waals surface area contributed by atoms with Gasteiger partial charge >= 0.3 is 0 Å². The zero-order valence-electron chi connectivity index (χ0n) is 17.6. The number of benzene rings is 1. The number of nitrogens with one attached hydrogen (secondary N) is 1. The van der Waals surface area contributed by atoms with E-state index in [4.69, 9.17) is 6.57 Å². The Hall–Kier alpha value is -4.09. The Balaban J connectivity index is 1.36. The van der Waals surface area contributed by atoms with Gasteiger partial charge in [-0.15, -0.1) is 11.3 Å². The summed E-state index contributed by atoms with van der Waals surface area (Å²) >= 11 is 1.50. The van der Waals surface area contributed by atoms with Crippen molar-refractivity contribution in [3.8, 4) is 10.6 Å². The molecule has 1 fully saturated rings. The predicted molar refractivity (Wildman–Crippen MR) is 127 cm³/mol. The molecule has 1 saturated heterocycles. The van der Waals surface area contributed by atoms with Crippen molar-refractivity contribution < 1.29 is 9.59 Å². The minimum Gasteiger partial charge on any atom is -0.359 e. The summed E-state index contributed by atoms with van der Waals surface area (Å²) in [6, 6.07) is 11.4. The fourth-order valence-electron chi connectivity index (χ4n) is 4.15. The first-order valence-electron chi connectivity index (χ1n) is 10.5. The van der Waals surface area contributed by atoms with Crippen molar-refractivity contribution in [1.82, 2.24) is 19.9 Å². The second-order valence-corrected chi connectivity index (χ2v) is 8.57. The van der Waals surface area contributed by atoms with Gasteiger partial charge in [0.15, 0.2) is 5.70 Å². The number of aromatic amines is 1. The van der Waals surface area contributed by atoms with Crippen LogP contribution in [0.4, 0.5) is 0 Å². The van der Waals surface area contributed by atoms with Crippen LogP contribution in [0.25, 0.3) is 32.1 Å². The number of likely N-dealkylation sites (tertiary alicyclic amines) is 1. The van der Waals surface area contributed by atoms with Gasteiger partial charge in [-0.25, -0.2) is 9.83 Å². The molecule has 0 aliphatic carbocycles. The highest BCUT2D eigenvalue weighted by atomic mass is 32.1. The predicted octanol–water partition coefficient (Wildman–Crippen LogP) is 4.82. The summed E-state index contributed by atoms with van der Waals surface area (Å²) in [6.07, 6.45) is 6.05. The van der Waals surface area contributed by atoms with E-state index in [2.05, 4.69) is 19.8 Å². The van der Waals surface area contributed by atoms with E-state index in [0.717, 1.165) is 21.7 Å². The van der Waals surface area contributed by atoms with Crippen LogP contribution in [0.15, 0.2) is 65.9 Å². The maximum absolute atomic E-state index is 13.1. The number of aromatic nitrogens is 3. The number of amides is 1. The highest BCUT2D eigenvalue weighted by Gasteiger charge is 2.29. The van der Waals surface area contributed by atoms with Crippen molar-refractivity contribution in [2.24, 2.45) is 0 Å². The molecule has 4 aromatic rings. The van der Waals surface area contributed by atoms with E-state index in [1.807, 2.05) is 41.8 Å². The van der Waals surface area contributed by atoms with E-state index in [0.29, 0.717) is 42.7 Å². The molecule has 162 valence electrons. The van der Waals surface area contributed by atoms with Gasteiger partial charge in [0.25, 0.3) is 11.7 Å². The summed E-state index contributed by atoms with van der Waals surface area (Å²) in [4.78, 5) is 43.2. The average Bonchev–Trinajstić information content (AvgIpc) is 3.55. The molecule has 1 N–H and O–H groups in total. The van der Waals surface area contributed by atoms with Crippen LogP contribution in [0.5, 0.6) is 0 Å². The summed E-state index contributed by atoms with van der Waals surface area (Å²) in [5.41, 5.74) is 4.83.